The van der Waals surface area contributed by atoms with Crippen LogP contribution >= 0.6 is 11.6 Å². The number of amides is 1. The van der Waals surface area contributed by atoms with Gasteiger partial charge in [0.2, 0.25) is 0 Å². The Balaban J connectivity index is 2.53. The van der Waals surface area contributed by atoms with Crippen LogP contribution in [0.4, 0.5) is 10.5 Å². The van der Waals surface area contributed by atoms with Crippen molar-refractivity contribution in [1.82, 2.24) is 0 Å². The third kappa shape index (κ3) is 4.87. The van der Waals surface area contributed by atoms with E-state index in [2.05, 4.69) is 10.5 Å². The number of anilines is 1. The lowest BCUT2D eigenvalue weighted by molar-refractivity contribution is 0.166. The molecule has 0 spiro atoms. The van der Waals surface area contributed by atoms with Crippen molar-refractivity contribution in [1.29, 1.82) is 0 Å². The van der Waals surface area contributed by atoms with Gasteiger partial charge in [0.15, 0.2) is 0 Å². The fraction of sp³-hybridized carbons (Fsp3) is 0.333. The number of halogens is 1. The molecular formula is C12H15ClN2O2. The minimum atomic E-state index is -0.619. The van der Waals surface area contributed by atoms with Gasteiger partial charge >= 0.3 is 6.09 Å². The lowest BCUT2D eigenvalue weighted by atomic mass is 10.2. The first-order valence-corrected chi connectivity index (χ1v) is 5.82. The maximum absolute atomic E-state index is 11.4. The van der Waals surface area contributed by atoms with E-state index in [0.29, 0.717) is 10.7 Å². The van der Waals surface area contributed by atoms with Crippen LogP contribution in [0.15, 0.2) is 29.4 Å². The number of hydrogen-bond acceptors (Lipinski definition) is 3. The van der Waals surface area contributed by atoms with Crippen molar-refractivity contribution in [3.05, 3.63) is 29.3 Å². The molecule has 0 aliphatic heterocycles. The highest BCUT2D eigenvalue weighted by molar-refractivity contribution is 6.30. The summed E-state index contributed by atoms with van der Waals surface area (Å²) in [4.78, 5) is 16.1. The summed E-state index contributed by atoms with van der Waals surface area (Å²) in [6.07, 6.45) is 0.911. The summed E-state index contributed by atoms with van der Waals surface area (Å²) in [5, 5.41) is 6.83. The quantitative estimate of drug-likeness (QED) is 0.500. The normalized spacial score (nSPS) is 9.59. The van der Waals surface area contributed by atoms with Crippen molar-refractivity contribution in [2.24, 2.45) is 5.16 Å². The van der Waals surface area contributed by atoms with E-state index in [1.165, 1.54) is 0 Å². The van der Waals surface area contributed by atoms with E-state index in [-0.39, 0.29) is 0 Å². The Morgan fingerprint density at radius 2 is 2.12 bits per heavy atom. The molecule has 1 N–H and O–H groups in total. The molecule has 0 unspecified atom stereocenters. The standard InChI is InChI=1S/C12H15ClN2O2/c1-3-10(4-2)15-17-12(16)14-11-7-5-6-9(13)8-11/h5-8H,3-4H2,1-2H3,(H,14,16). The lowest BCUT2D eigenvalue weighted by Crippen LogP contribution is -2.11. The van der Waals surface area contributed by atoms with Gasteiger partial charge in [0.1, 0.15) is 0 Å². The van der Waals surface area contributed by atoms with Gasteiger partial charge in [-0.25, -0.2) is 4.79 Å². The zero-order chi connectivity index (χ0) is 12.7. The second-order valence-corrected chi connectivity index (χ2v) is 3.82. The molecule has 5 heteroatoms. The van der Waals surface area contributed by atoms with Crippen LogP contribution in [-0.4, -0.2) is 11.8 Å². The van der Waals surface area contributed by atoms with Gasteiger partial charge in [-0.3, -0.25) is 10.2 Å². The lowest BCUT2D eigenvalue weighted by Gasteiger charge is -2.03. The molecular weight excluding hydrogens is 240 g/mol. The Kier molecular flexibility index (Phi) is 5.49. The fourth-order valence-electron chi connectivity index (χ4n) is 1.19. The first kappa shape index (κ1) is 13.5. The van der Waals surface area contributed by atoms with Gasteiger partial charge in [-0.2, -0.15) is 0 Å². The van der Waals surface area contributed by atoms with E-state index in [0.717, 1.165) is 18.6 Å². The topological polar surface area (TPSA) is 50.7 Å². The largest absolute Gasteiger partial charge is 0.437 e. The molecule has 0 saturated heterocycles. The Bertz CT molecular complexity index is 413. The van der Waals surface area contributed by atoms with Crippen LogP contribution in [0.1, 0.15) is 26.7 Å². The smallest absolute Gasteiger partial charge is 0.298 e. The molecule has 1 aromatic rings. The second-order valence-electron chi connectivity index (χ2n) is 3.38. The van der Waals surface area contributed by atoms with Crippen molar-refractivity contribution in [2.45, 2.75) is 26.7 Å². The van der Waals surface area contributed by atoms with Gasteiger partial charge in [0, 0.05) is 10.7 Å². The minimum absolute atomic E-state index is 0.550. The maximum Gasteiger partial charge on any atom is 0.437 e. The van der Waals surface area contributed by atoms with Gasteiger partial charge in [0.05, 0.1) is 5.71 Å². The summed E-state index contributed by atoms with van der Waals surface area (Å²) < 4.78 is 0. The molecule has 17 heavy (non-hydrogen) atoms. The molecule has 0 atom stereocenters. The van der Waals surface area contributed by atoms with Gasteiger partial charge in [-0.05, 0) is 31.0 Å². The van der Waals surface area contributed by atoms with Crippen LogP contribution in [0, 0.1) is 0 Å². The molecule has 1 amide bonds. The fourth-order valence-corrected chi connectivity index (χ4v) is 1.38. The number of nitrogens with one attached hydrogen (secondary N) is 1. The average Bonchev–Trinajstić information content (AvgIpc) is 2.30. The Morgan fingerprint density at radius 3 is 2.71 bits per heavy atom. The highest BCUT2D eigenvalue weighted by atomic mass is 35.5. The van der Waals surface area contributed by atoms with Crippen molar-refractivity contribution in [3.8, 4) is 0 Å². The summed E-state index contributed by atoms with van der Waals surface area (Å²) >= 11 is 5.78. The minimum Gasteiger partial charge on any atom is -0.298 e. The first-order valence-electron chi connectivity index (χ1n) is 5.45. The van der Waals surface area contributed by atoms with E-state index < -0.39 is 6.09 Å². The molecule has 0 radical (unpaired) electrons. The summed E-state index contributed by atoms with van der Waals surface area (Å²) in [6.45, 7) is 3.92. The number of rotatable bonds is 4. The highest BCUT2D eigenvalue weighted by Crippen LogP contribution is 2.14. The second kappa shape index (κ2) is 6.91. The van der Waals surface area contributed by atoms with Crippen LogP contribution in [-0.2, 0) is 4.84 Å². The SMILES string of the molecule is CCC(CC)=NOC(=O)Nc1cccc(Cl)c1. The summed E-state index contributed by atoms with van der Waals surface area (Å²) in [5.74, 6) is 0. The van der Waals surface area contributed by atoms with Gasteiger partial charge in [0.25, 0.3) is 0 Å². The van der Waals surface area contributed by atoms with Crippen LogP contribution in [0.25, 0.3) is 0 Å². The van der Waals surface area contributed by atoms with Crippen LogP contribution in [0.5, 0.6) is 0 Å². The van der Waals surface area contributed by atoms with Gasteiger partial charge in [-0.1, -0.05) is 36.7 Å². The molecule has 1 rings (SSSR count). The highest BCUT2D eigenvalue weighted by Gasteiger charge is 2.03. The molecule has 0 saturated carbocycles. The zero-order valence-corrected chi connectivity index (χ0v) is 10.6. The molecule has 0 fully saturated rings. The third-order valence-electron chi connectivity index (χ3n) is 2.14. The summed E-state index contributed by atoms with van der Waals surface area (Å²) in [5.41, 5.74) is 1.42. The van der Waals surface area contributed by atoms with Gasteiger partial charge in [-0.15, -0.1) is 0 Å². The predicted molar refractivity (Wildman–Crippen MR) is 69.6 cm³/mol. The molecule has 0 aliphatic rings. The summed E-state index contributed by atoms with van der Waals surface area (Å²) in [6, 6.07) is 6.82. The van der Waals surface area contributed by atoms with E-state index in [9.17, 15) is 4.79 Å². The summed E-state index contributed by atoms with van der Waals surface area (Å²) in [7, 11) is 0. The number of nitrogens with zero attached hydrogens (tertiary/aromatic N) is 1. The molecule has 4 nitrogen and oxygen atoms in total. The van der Waals surface area contributed by atoms with Crippen LogP contribution in [0.2, 0.25) is 5.02 Å². The average molecular weight is 255 g/mol. The molecule has 1 aromatic carbocycles. The van der Waals surface area contributed by atoms with Crippen molar-refractivity contribution < 1.29 is 9.63 Å². The van der Waals surface area contributed by atoms with Crippen molar-refractivity contribution >= 4 is 29.1 Å². The van der Waals surface area contributed by atoms with Crippen molar-refractivity contribution in [2.75, 3.05) is 5.32 Å². The van der Waals surface area contributed by atoms with E-state index in [1.807, 2.05) is 13.8 Å². The Morgan fingerprint density at radius 1 is 1.41 bits per heavy atom. The van der Waals surface area contributed by atoms with Gasteiger partial charge < -0.3 is 0 Å². The first-order chi connectivity index (χ1) is 8.15. The Labute approximate surface area is 106 Å². The molecule has 0 bridgehead atoms. The molecule has 92 valence electrons. The zero-order valence-electron chi connectivity index (χ0n) is 9.87. The molecule has 0 heterocycles. The number of hydrogen-bond donors (Lipinski definition) is 1. The van der Waals surface area contributed by atoms with E-state index in [1.54, 1.807) is 24.3 Å². The van der Waals surface area contributed by atoms with Crippen molar-refractivity contribution in [3.63, 3.8) is 0 Å². The van der Waals surface area contributed by atoms with E-state index in [4.69, 9.17) is 16.4 Å². The van der Waals surface area contributed by atoms with E-state index >= 15 is 0 Å². The number of carbonyl (C=O) groups excluding carboxylic acids is 1. The third-order valence-corrected chi connectivity index (χ3v) is 2.38. The number of oxime groups is 1. The predicted octanol–water partition coefficient (Wildman–Crippen LogP) is 4.06. The number of carbonyl (C=O) groups is 1. The Hall–Kier alpha value is -1.55. The van der Waals surface area contributed by atoms with Crippen LogP contribution in [0.3, 0.4) is 0 Å². The molecule has 0 aliphatic carbocycles. The monoisotopic (exact) mass is 254 g/mol. The molecule has 0 aromatic heterocycles. The maximum atomic E-state index is 11.4. The number of benzene rings is 1. The van der Waals surface area contributed by atoms with Crippen LogP contribution < -0.4 is 5.32 Å².